The average Bonchev–Trinajstić information content (AvgIpc) is 2.79. The molecule has 6 heteroatoms. The van der Waals surface area contributed by atoms with Crippen LogP contribution in [0.3, 0.4) is 0 Å². The summed E-state index contributed by atoms with van der Waals surface area (Å²) in [5.74, 6) is -3.65. The summed E-state index contributed by atoms with van der Waals surface area (Å²) in [5.41, 5.74) is 4.32. The Bertz CT molecular complexity index is 788. The Hall–Kier alpha value is -2.70. The minimum atomic E-state index is -1.82. The van der Waals surface area contributed by atoms with Gasteiger partial charge in [-0.05, 0) is 55.6 Å². The molecule has 1 aliphatic heterocycles. The number of hydrogen-bond acceptors (Lipinski definition) is 4. The molecule has 2 aromatic rings. The molecule has 1 heterocycles. The molecule has 0 aromatic heterocycles. The second-order valence-corrected chi connectivity index (χ2v) is 7.84. The van der Waals surface area contributed by atoms with Crippen LogP contribution in [0.2, 0.25) is 0 Å². The van der Waals surface area contributed by atoms with E-state index in [1.165, 1.54) is 42.6 Å². The molecule has 0 bridgehead atoms. The molecule has 2 N–H and O–H groups in total. The first-order valence-corrected chi connectivity index (χ1v) is 11.0. The van der Waals surface area contributed by atoms with Gasteiger partial charge in [0.05, 0.1) is 0 Å². The molecule has 1 fully saturated rings. The highest BCUT2D eigenvalue weighted by Crippen LogP contribution is 2.20. The third-order valence-electron chi connectivity index (χ3n) is 5.73. The van der Waals surface area contributed by atoms with E-state index < -0.39 is 11.9 Å². The van der Waals surface area contributed by atoms with Crippen molar-refractivity contribution >= 4 is 11.9 Å². The van der Waals surface area contributed by atoms with Gasteiger partial charge in [0.25, 0.3) is 0 Å². The third kappa shape index (κ3) is 8.52. The molecule has 1 aliphatic rings. The molecule has 0 saturated carbocycles. The lowest BCUT2D eigenvalue weighted by Gasteiger charge is -2.38. The molecule has 0 amide bonds. The molecule has 31 heavy (non-hydrogen) atoms. The highest BCUT2D eigenvalue weighted by atomic mass is 16.4. The molecule has 2 aromatic carbocycles. The SMILES string of the molecule is CCc1ccc(CN2CCC(N(CC)Cc3ccccc3)CC2)cc1.O=C(O)C(=O)O. The Kier molecular flexibility index (Phi) is 10.2. The summed E-state index contributed by atoms with van der Waals surface area (Å²) in [4.78, 5) is 23.5. The predicted octanol–water partition coefficient (Wildman–Crippen LogP) is 3.89. The normalized spacial score (nSPS) is 14.7. The molecule has 1 saturated heterocycles. The number of hydrogen-bond donors (Lipinski definition) is 2. The summed E-state index contributed by atoms with van der Waals surface area (Å²) >= 11 is 0. The predicted molar refractivity (Wildman–Crippen MR) is 122 cm³/mol. The molecule has 168 valence electrons. The van der Waals surface area contributed by atoms with E-state index in [1.54, 1.807) is 0 Å². The lowest BCUT2D eigenvalue weighted by Crippen LogP contribution is -2.44. The molecule has 0 radical (unpaired) electrons. The maximum Gasteiger partial charge on any atom is 0.414 e. The standard InChI is InChI=1S/C23H32N2.C2H2O4/c1-3-20-10-12-22(13-11-20)18-24-16-14-23(15-17-24)25(4-2)19-21-8-6-5-7-9-21;3-1(4)2(5)6/h5-13,23H,3-4,14-19H2,1-2H3;(H,3,4)(H,5,6). The van der Waals surface area contributed by atoms with Crippen molar-refractivity contribution in [3.63, 3.8) is 0 Å². The summed E-state index contributed by atoms with van der Waals surface area (Å²) in [7, 11) is 0. The molecular formula is C25H34N2O4. The minimum absolute atomic E-state index is 0.726. The fourth-order valence-electron chi connectivity index (χ4n) is 3.90. The van der Waals surface area contributed by atoms with E-state index in [-0.39, 0.29) is 0 Å². The number of nitrogens with zero attached hydrogens (tertiary/aromatic N) is 2. The Balaban J connectivity index is 0.000000501. The van der Waals surface area contributed by atoms with E-state index >= 15 is 0 Å². The molecule has 0 spiro atoms. The van der Waals surface area contributed by atoms with E-state index in [1.807, 2.05) is 0 Å². The Morgan fingerprint density at radius 3 is 1.90 bits per heavy atom. The molecule has 0 aliphatic carbocycles. The number of carbonyl (C=O) groups is 2. The number of aliphatic carboxylic acids is 2. The first-order valence-electron chi connectivity index (χ1n) is 11.0. The van der Waals surface area contributed by atoms with Gasteiger partial charge in [0, 0.05) is 19.1 Å². The van der Waals surface area contributed by atoms with Gasteiger partial charge in [-0.15, -0.1) is 0 Å². The van der Waals surface area contributed by atoms with E-state index in [0.29, 0.717) is 0 Å². The van der Waals surface area contributed by atoms with Crippen LogP contribution in [0.1, 0.15) is 43.4 Å². The van der Waals surface area contributed by atoms with Crippen LogP contribution < -0.4 is 0 Å². The molecule has 3 rings (SSSR count). The first-order chi connectivity index (χ1) is 14.9. The van der Waals surface area contributed by atoms with Crippen molar-refractivity contribution in [1.29, 1.82) is 0 Å². The highest BCUT2D eigenvalue weighted by Gasteiger charge is 2.23. The number of benzene rings is 2. The summed E-state index contributed by atoms with van der Waals surface area (Å²) in [6.45, 7) is 10.3. The number of carboxylic acids is 2. The third-order valence-corrected chi connectivity index (χ3v) is 5.73. The van der Waals surface area contributed by atoms with E-state index in [9.17, 15) is 0 Å². The van der Waals surface area contributed by atoms with Gasteiger partial charge in [-0.3, -0.25) is 9.80 Å². The maximum absolute atomic E-state index is 9.10. The molecule has 0 atom stereocenters. The summed E-state index contributed by atoms with van der Waals surface area (Å²) < 4.78 is 0. The Labute approximate surface area is 185 Å². The lowest BCUT2D eigenvalue weighted by atomic mass is 10.0. The van der Waals surface area contributed by atoms with E-state index in [4.69, 9.17) is 19.8 Å². The fourth-order valence-corrected chi connectivity index (χ4v) is 3.90. The van der Waals surface area contributed by atoms with Gasteiger partial charge in [0.1, 0.15) is 0 Å². The smallest absolute Gasteiger partial charge is 0.414 e. The van der Waals surface area contributed by atoms with E-state index in [0.717, 1.165) is 32.1 Å². The first kappa shape index (κ1) is 24.6. The average molecular weight is 427 g/mol. The van der Waals surface area contributed by atoms with Gasteiger partial charge in [-0.1, -0.05) is 68.4 Å². The monoisotopic (exact) mass is 426 g/mol. The number of rotatable bonds is 7. The van der Waals surface area contributed by atoms with Crippen LogP contribution in [0.5, 0.6) is 0 Å². The van der Waals surface area contributed by atoms with Crippen molar-refractivity contribution in [2.24, 2.45) is 0 Å². The number of aryl methyl sites for hydroxylation is 1. The van der Waals surface area contributed by atoms with Crippen molar-refractivity contribution in [2.75, 3.05) is 19.6 Å². The van der Waals surface area contributed by atoms with Crippen LogP contribution in [0.25, 0.3) is 0 Å². The van der Waals surface area contributed by atoms with Crippen molar-refractivity contribution in [3.05, 3.63) is 71.3 Å². The zero-order chi connectivity index (χ0) is 22.6. The summed E-state index contributed by atoms with van der Waals surface area (Å²) in [5, 5.41) is 14.8. The minimum Gasteiger partial charge on any atom is -0.473 e. The Morgan fingerprint density at radius 2 is 1.42 bits per heavy atom. The second-order valence-electron chi connectivity index (χ2n) is 7.84. The Morgan fingerprint density at radius 1 is 0.871 bits per heavy atom. The topological polar surface area (TPSA) is 81.1 Å². The van der Waals surface area contributed by atoms with Crippen LogP contribution in [0.4, 0.5) is 0 Å². The van der Waals surface area contributed by atoms with Crippen LogP contribution in [0.15, 0.2) is 54.6 Å². The molecule has 0 unspecified atom stereocenters. The van der Waals surface area contributed by atoms with E-state index in [2.05, 4.69) is 78.2 Å². The molecule has 6 nitrogen and oxygen atoms in total. The highest BCUT2D eigenvalue weighted by molar-refractivity contribution is 6.27. The molecular weight excluding hydrogens is 392 g/mol. The van der Waals surface area contributed by atoms with Gasteiger partial charge >= 0.3 is 11.9 Å². The quantitative estimate of drug-likeness (QED) is 0.654. The van der Waals surface area contributed by atoms with Gasteiger partial charge < -0.3 is 10.2 Å². The van der Waals surface area contributed by atoms with Gasteiger partial charge in [-0.2, -0.15) is 0 Å². The van der Waals surface area contributed by atoms with Crippen molar-refractivity contribution in [1.82, 2.24) is 9.80 Å². The van der Waals surface area contributed by atoms with Crippen molar-refractivity contribution < 1.29 is 19.8 Å². The number of piperidine rings is 1. The fraction of sp³-hybridized carbons (Fsp3) is 0.440. The summed E-state index contributed by atoms with van der Waals surface area (Å²) in [6, 6.07) is 20.8. The van der Waals surface area contributed by atoms with Crippen LogP contribution in [-0.4, -0.2) is 57.6 Å². The lowest BCUT2D eigenvalue weighted by molar-refractivity contribution is -0.159. The number of carboxylic acid groups (broad SMARTS) is 2. The second kappa shape index (κ2) is 12.9. The summed E-state index contributed by atoms with van der Waals surface area (Å²) in [6.07, 6.45) is 3.70. The van der Waals surface area contributed by atoms with Crippen LogP contribution >= 0.6 is 0 Å². The van der Waals surface area contributed by atoms with Crippen molar-refractivity contribution in [2.45, 2.75) is 52.2 Å². The number of likely N-dealkylation sites (tertiary alicyclic amines) is 1. The van der Waals surface area contributed by atoms with Gasteiger partial charge in [0.15, 0.2) is 0 Å². The zero-order valence-corrected chi connectivity index (χ0v) is 18.5. The largest absolute Gasteiger partial charge is 0.473 e. The van der Waals surface area contributed by atoms with Crippen LogP contribution in [-0.2, 0) is 29.1 Å². The maximum atomic E-state index is 9.10. The van der Waals surface area contributed by atoms with Gasteiger partial charge in [0.2, 0.25) is 0 Å². The van der Waals surface area contributed by atoms with Gasteiger partial charge in [-0.25, -0.2) is 9.59 Å². The zero-order valence-electron chi connectivity index (χ0n) is 18.5. The van der Waals surface area contributed by atoms with Crippen molar-refractivity contribution in [3.8, 4) is 0 Å². The van der Waals surface area contributed by atoms with Crippen LogP contribution in [0, 0.1) is 0 Å².